The van der Waals surface area contributed by atoms with Crippen molar-refractivity contribution in [3.63, 3.8) is 0 Å². The third-order valence-electron chi connectivity index (χ3n) is 6.62. The Morgan fingerprint density at radius 2 is 1.60 bits per heavy atom. The summed E-state index contributed by atoms with van der Waals surface area (Å²) >= 11 is 0. The molecular formula is C32H45F2N. The molecule has 0 radical (unpaired) electrons. The molecule has 0 aliphatic heterocycles. The molecule has 2 atom stereocenters. The van der Waals surface area contributed by atoms with E-state index in [0.29, 0.717) is 5.56 Å². The number of allylic oxidation sites excluding steroid dienone is 1. The van der Waals surface area contributed by atoms with Crippen LogP contribution < -0.4 is 5.32 Å². The van der Waals surface area contributed by atoms with Crippen molar-refractivity contribution in [1.82, 2.24) is 5.32 Å². The van der Waals surface area contributed by atoms with Gasteiger partial charge >= 0.3 is 0 Å². The minimum absolute atomic E-state index is 0.0221. The molecule has 2 aromatic carbocycles. The van der Waals surface area contributed by atoms with Gasteiger partial charge in [-0.1, -0.05) is 77.7 Å². The van der Waals surface area contributed by atoms with Crippen LogP contribution in [0.2, 0.25) is 0 Å². The Kier molecular flexibility index (Phi) is 12.4. The molecule has 35 heavy (non-hydrogen) atoms. The lowest BCUT2D eigenvalue weighted by Crippen LogP contribution is -2.34. The summed E-state index contributed by atoms with van der Waals surface area (Å²) in [5.74, 6) is 1.76. The van der Waals surface area contributed by atoms with Crippen LogP contribution in [0.5, 0.6) is 0 Å². The lowest BCUT2D eigenvalue weighted by atomic mass is 9.72. The Bertz CT molecular complexity index is 1010. The Labute approximate surface area is 213 Å². The summed E-state index contributed by atoms with van der Waals surface area (Å²) < 4.78 is 27.3. The minimum Gasteiger partial charge on any atom is -0.310 e. The lowest BCUT2D eigenvalue weighted by Gasteiger charge is -2.35. The van der Waals surface area contributed by atoms with E-state index in [9.17, 15) is 8.78 Å². The van der Waals surface area contributed by atoms with Crippen molar-refractivity contribution in [3.8, 4) is 12.3 Å². The number of hydrogen-bond acceptors (Lipinski definition) is 1. The number of terminal acetylenes is 1. The summed E-state index contributed by atoms with van der Waals surface area (Å²) in [5, 5.41) is 3.62. The second-order valence-electron chi connectivity index (χ2n) is 9.78. The zero-order valence-electron chi connectivity index (χ0n) is 23.3. The van der Waals surface area contributed by atoms with Crippen molar-refractivity contribution in [3.05, 3.63) is 75.9 Å². The molecule has 1 aliphatic rings. The maximum atomic E-state index is 13.7. The summed E-state index contributed by atoms with van der Waals surface area (Å²) in [7, 11) is 0. The zero-order chi connectivity index (χ0) is 26.8. The molecular weight excluding hydrogens is 436 g/mol. The van der Waals surface area contributed by atoms with Gasteiger partial charge in [0.25, 0.3) is 0 Å². The van der Waals surface area contributed by atoms with Gasteiger partial charge < -0.3 is 5.32 Å². The van der Waals surface area contributed by atoms with E-state index in [1.165, 1.54) is 34.4 Å². The molecule has 192 valence electrons. The fourth-order valence-electron chi connectivity index (χ4n) is 4.53. The number of hydrogen-bond donors (Lipinski definition) is 1. The van der Waals surface area contributed by atoms with Crippen molar-refractivity contribution in [1.29, 1.82) is 0 Å². The molecule has 0 amide bonds. The third kappa shape index (κ3) is 8.62. The van der Waals surface area contributed by atoms with E-state index in [4.69, 9.17) is 6.42 Å². The van der Waals surface area contributed by atoms with Crippen LogP contribution in [0.15, 0.2) is 42.0 Å². The Morgan fingerprint density at radius 3 is 2.17 bits per heavy atom. The van der Waals surface area contributed by atoms with E-state index in [2.05, 4.69) is 51.1 Å². The number of aryl methyl sites for hydroxylation is 1. The molecule has 2 aromatic rings. The topological polar surface area (TPSA) is 12.0 Å². The predicted molar refractivity (Wildman–Crippen MR) is 149 cm³/mol. The molecule has 3 heteroatoms. The molecule has 1 aliphatic carbocycles. The van der Waals surface area contributed by atoms with Gasteiger partial charge in [0, 0.05) is 24.2 Å². The first-order valence-corrected chi connectivity index (χ1v) is 13.1. The van der Waals surface area contributed by atoms with Crippen LogP contribution in [0.3, 0.4) is 0 Å². The Balaban J connectivity index is 0.00000145. The monoisotopic (exact) mass is 481 g/mol. The first-order chi connectivity index (χ1) is 16.6. The molecule has 1 N–H and O–H groups in total. The van der Waals surface area contributed by atoms with Gasteiger partial charge in [0.2, 0.25) is 0 Å². The fourth-order valence-corrected chi connectivity index (χ4v) is 4.53. The maximum Gasteiger partial charge on any atom is 0.126 e. The van der Waals surface area contributed by atoms with Crippen LogP contribution in [0, 0.1) is 36.3 Å². The SMILES string of the molecule is C#Cc1ccc(C)cc1C1=C(CNC(C)C(C)c2cc(F)cc(F)c2)CC(C)(C)CC1.CC.CC. The number of halogens is 2. The third-order valence-corrected chi connectivity index (χ3v) is 6.62. The van der Waals surface area contributed by atoms with Gasteiger partial charge in [-0.05, 0) is 79.3 Å². The summed E-state index contributed by atoms with van der Waals surface area (Å²) in [5.41, 5.74) is 6.94. The molecule has 0 fully saturated rings. The van der Waals surface area contributed by atoms with Crippen LogP contribution in [0.4, 0.5) is 8.78 Å². The molecule has 1 nitrogen and oxygen atoms in total. The summed E-state index contributed by atoms with van der Waals surface area (Å²) in [4.78, 5) is 0. The van der Waals surface area contributed by atoms with Crippen molar-refractivity contribution >= 4 is 5.57 Å². The van der Waals surface area contributed by atoms with Crippen LogP contribution >= 0.6 is 0 Å². The molecule has 0 spiro atoms. The van der Waals surface area contributed by atoms with Crippen molar-refractivity contribution < 1.29 is 8.78 Å². The Morgan fingerprint density at radius 1 is 1.00 bits per heavy atom. The van der Waals surface area contributed by atoms with Gasteiger partial charge in [0.05, 0.1) is 0 Å². The largest absolute Gasteiger partial charge is 0.310 e. The van der Waals surface area contributed by atoms with E-state index in [1.54, 1.807) is 0 Å². The van der Waals surface area contributed by atoms with Crippen LogP contribution in [-0.4, -0.2) is 12.6 Å². The van der Waals surface area contributed by atoms with Gasteiger partial charge in [-0.15, -0.1) is 6.42 Å². The molecule has 0 bridgehead atoms. The number of rotatable bonds is 6. The highest BCUT2D eigenvalue weighted by atomic mass is 19.1. The second-order valence-corrected chi connectivity index (χ2v) is 9.78. The molecule has 0 saturated heterocycles. The summed E-state index contributed by atoms with van der Waals surface area (Å²) in [6, 6.07) is 10.1. The van der Waals surface area contributed by atoms with E-state index < -0.39 is 11.6 Å². The van der Waals surface area contributed by atoms with Gasteiger partial charge in [-0.3, -0.25) is 0 Å². The second kappa shape index (κ2) is 14.2. The fraction of sp³-hybridized carbons (Fsp3) is 0.500. The van der Waals surface area contributed by atoms with Crippen molar-refractivity contribution in [2.24, 2.45) is 5.41 Å². The maximum absolute atomic E-state index is 13.7. The van der Waals surface area contributed by atoms with E-state index in [-0.39, 0.29) is 17.4 Å². The zero-order valence-corrected chi connectivity index (χ0v) is 23.3. The molecule has 0 aromatic heterocycles. The molecule has 0 saturated carbocycles. The molecule has 2 unspecified atom stereocenters. The molecule has 3 rings (SSSR count). The summed E-state index contributed by atoms with van der Waals surface area (Å²) in [6.45, 7) is 19.5. The highest BCUT2D eigenvalue weighted by molar-refractivity contribution is 5.75. The van der Waals surface area contributed by atoms with Crippen molar-refractivity contribution in [2.45, 2.75) is 93.5 Å². The standard InChI is InChI=1S/C28H33F2N.2C2H6/c1-7-21-9-8-18(2)12-27(21)26-10-11-28(5,6)16-23(26)17-31-20(4)19(3)22-13-24(29)15-25(30)14-22;2*1-2/h1,8-9,12-15,19-20,31H,10-11,16-17H2,2-6H3;2*1-2H3. The van der Waals surface area contributed by atoms with Crippen LogP contribution in [0.25, 0.3) is 5.57 Å². The average molecular weight is 482 g/mol. The minimum atomic E-state index is -0.533. The first kappa shape index (κ1) is 30.6. The predicted octanol–water partition coefficient (Wildman–Crippen LogP) is 9.05. The van der Waals surface area contributed by atoms with Gasteiger partial charge in [0.15, 0.2) is 0 Å². The van der Waals surface area contributed by atoms with Gasteiger partial charge in [0.1, 0.15) is 11.6 Å². The first-order valence-electron chi connectivity index (χ1n) is 13.1. The lowest BCUT2D eigenvalue weighted by molar-refractivity contribution is 0.319. The molecule has 0 heterocycles. The van der Waals surface area contributed by atoms with Gasteiger partial charge in [-0.2, -0.15) is 0 Å². The van der Waals surface area contributed by atoms with Crippen LogP contribution in [-0.2, 0) is 0 Å². The van der Waals surface area contributed by atoms with E-state index >= 15 is 0 Å². The highest BCUT2D eigenvalue weighted by Crippen LogP contribution is 2.43. The van der Waals surface area contributed by atoms with E-state index in [0.717, 1.165) is 37.4 Å². The van der Waals surface area contributed by atoms with Crippen LogP contribution in [0.1, 0.15) is 103 Å². The summed E-state index contributed by atoms with van der Waals surface area (Å²) in [6.07, 6.45) is 8.93. The normalized spacial score (nSPS) is 16.2. The number of benzene rings is 2. The van der Waals surface area contributed by atoms with E-state index in [1.807, 2.05) is 40.7 Å². The Hall–Kier alpha value is -2.44. The smallest absolute Gasteiger partial charge is 0.126 e. The quantitative estimate of drug-likeness (QED) is 0.406. The number of nitrogens with one attached hydrogen (secondary N) is 1. The highest BCUT2D eigenvalue weighted by Gasteiger charge is 2.29. The average Bonchev–Trinajstić information content (AvgIpc) is 2.83. The van der Waals surface area contributed by atoms with Crippen molar-refractivity contribution in [2.75, 3.05) is 6.54 Å². The van der Waals surface area contributed by atoms with Gasteiger partial charge in [-0.25, -0.2) is 8.78 Å².